The molecule has 0 saturated heterocycles. The fourth-order valence-electron chi connectivity index (χ4n) is 6.97. The van der Waals surface area contributed by atoms with E-state index in [0.717, 1.165) is 29.6 Å². The first-order valence-corrected chi connectivity index (χ1v) is 12.7. The van der Waals surface area contributed by atoms with Crippen molar-refractivity contribution in [1.82, 2.24) is 0 Å². The van der Waals surface area contributed by atoms with Crippen LogP contribution in [-0.2, 0) is 0 Å². The van der Waals surface area contributed by atoms with Crippen LogP contribution in [0, 0.1) is 40.9 Å². The highest BCUT2D eigenvalue weighted by molar-refractivity contribution is 5.35. The topological polar surface area (TPSA) is 20.2 Å². The lowest BCUT2D eigenvalue weighted by Crippen LogP contribution is -2.40. The highest BCUT2D eigenvalue weighted by atomic mass is 16.3. The molecule has 0 aromatic carbocycles. The molecule has 3 saturated carbocycles. The molecule has 29 heavy (non-hydrogen) atoms. The molecular weight excluding hydrogens is 352 g/mol. The van der Waals surface area contributed by atoms with Gasteiger partial charge in [-0.2, -0.15) is 0 Å². The number of fused-ring (bicyclic) bond motifs is 5. The minimum absolute atomic E-state index is 0.241. The van der Waals surface area contributed by atoms with Crippen molar-refractivity contribution in [2.45, 2.75) is 99.0 Å². The molecule has 164 valence electrons. The third-order valence-electron chi connectivity index (χ3n) is 8.98. The molecule has 4 rings (SSSR count). The molecule has 8 unspecified atom stereocenters. The van der Waals surface area contributed by atoms with Gasteiger partial charge in [0.1, 0.15) is 0 Å². The van der Waals surface area contributed by atoms with Crippen LogP contribution in [0.2, 0.25) is 0 Å². The summed E-state index contributed by atoms with van der Waals surface area (Å²) in [6.07, 6.45) is 20.5. The fourth-order valence-corrected chi connectivity index (χ4v) is 6.97. The lowest BCUT2D eigenvalue weighted by atomic mass is 9.55. The molecule has 1 heteroatoms. The first-order valence-electron chi connectivity index (χ1n) is 12.7. The van der Waals surface area contributed by atoms with Crippen LogP contribution in [-0.4, -0.2) is 11.2 Å². The monoisotopic (exact) mass is 398 g/mol. The lowest BCUT2D eigenvalue weighted by Gasteiger charge is -2.50. The molecule has 0 aromatic rings. The van der Waals surface area contributed by atoms with Crippen molar-refractivity contribution in [3.63, 3.8) is 0 Å². The van der Waals surface area contributed by atoms with Crippen molar-refractivity contribution >= 4 is 0 Å². The molecule has 4 aliphatic carbocycles. The number of allylic oxidation sites excluding steroid dienone is 5. The van der Waals surface area contributed by atoms with Crippen LogP contribution >= 0.6 is 0 Å². The van der Waals surface area contributed by atoms with Gasteiger partial charge in [0, 0.05) is 0 Å². The largest absolute Gasteiger partial charge is 0.393 e. The Hall–Kier alpha value is -0.820. The third-order valence-corrected chi connectivity index (χ3v) is 8.98. The summed E-state index contributed by atoms with van der Waals surface area (Å²) in [4.78, 5) is 0. The van der Waals surface area contributed by atoms with Gasteiger partial charge in [-0.1, -0.05) is 70.1 Å². The number of aliphatic hydroxyl groups excluding tert-OH is 1. The average molecular weight is 399 g/mol. The van der Waals surface area contributed by atoms with Crippen molar-refractivity contribution in [3.05, 3.63) is 35.5 Å². The maximum absolute atomic E-state index is 9.73. The van der Waals surface area contributed by atoms with Gasteiger partial charge in [0.15, 0.2) is 0 Å². The predicted octanol–water partition coefficient (Wildman–Crippen LogP) is 7.72. The number of hydrogen-bond donors (Lipinski definition) is 1. The predicted molar refractivity (Wildman–Crippen MR) is 126 cm³/mol. The van der Waals surface area contributed by atoms with Crippen LogP contribution in [0.15, 0.2) is 35.5 Å². The van der Waals surface area contributed by atoms with Crippen LogP contribution in [0.5, 0.6) is 0 Å². The fraction of sp³-hybridized carbons (Fsp3) is 0.786. The van der Waals surface area contributed by atoms with Crippen LogP contribution < -0.4 is 0 Å². The smallest absolute Gasteiger partial charge is 0.0572 e. The lowest BCUT2D eigenvalue weighted by molar-refractivity contribution is 0.0963. The molecule has 0 aromatic heterocycles. The number of aliphatic hydroxyl groups is 1. The molecule has 0 spiro atoms. The van der Waals surface area contributed by atoms with Crippen molar-refractivity contribution in [3.8, 4) is 0 Å². The summed E-state index contributed by atoms with van der Waals surface area (Å²) in [5.41, 5.74) is 4.10. The maximum Gasteiger partial charge on any atom is 0.0572 e. The molecular formula is C28H46O. The summed E-state index contributed by atoms with van der Waals surface area (Å²) < 4.78 is 0. The Labute approximate surface area is 180 Å². The zero-order valence-corrected chi connectivity index (χ0v) is 20.0. The Balaban J connectivity index is 0.00000117. The second-order valence-corrected chi connectivity index (χ2v) is 10.6. The van der Waals surface area contributed by atoms with Gasteiger partial charge in [-0.15, -0.1) is 0 Å². The normalized spacial score (nSPS) is 40.6. The Morgan fingerprint density at radius 3 is 2.55 bits per heavy atom. The van der Waals surface area contributed by atoms with Gasteiger partial charge >= 0.3 is 0 Å². The van der Waals surface area contributed by atoms with E-state index in [1.165, 1.54) is 51.4 Å². The minimum atomic E-state index is -0.241. The highest BCUT2D eigenvalue weighted by Gasteiger charge is 2.52. The van der Waals surface area contributed by atoms with E-state index >= 15 is 0 Å². The molecule has 1 N–H and O–H groups in total. The van der Waals surface area contributed by atoms with Crippen LogP contribution in [0.25, 0.3) is 0 Å². The Morgan fingerprint density at radius 2 is 1.83 bits per heavy atom. The van der Waals surface area contributed by atoms with Gasteiger partial charge < -0.3 is 5.11 Å². The van der Waals surface area contributed by atoms with Crippen LogP contribution in [0.4, 0.5) is 0 Å². The first kappa shape index (κ1) is 22.9. The standard InChI is InChI=1S/C26H40O.C2H6/c1-17-8-11-22-20(16-17)9-12-24-23(22)14-15-26(4)21(10-13-25(24)26)7-5-6-18(2)19(3)27;1-2/h5-6,9,12,17-19,21-23,25,27H,7-8,10-11,13-16H2,1-4H3;1-2H3/b6-5+;. The summed E-state index contributed by atoms with van der Waals surface area (Å²) in [6, 6.07) is 0. The molecule has 3 fully saturated rings. The maximum atomic E-state index is 9.73. The summed E-state index contributed by atoms with van der Waals surface area (Å²) >= 11 is 0. The van der Waals surface area contributed by atoms with Gasteiger partial charge in [0.05, 0.1) is 6.10 Å². The van der Waals surface area contributed by atoms with Crippen LogP contribution in [0.1, 0.15) is 92.9 Å². The Bertz CT molecular complexity index is 639. The van der Waals surface area contributed by atoms with Crippen LogP contribution in [0.3, 0.4) is 0 Å². The molecule has 0 bridgehead atoms. The molecule has 4 aliphatic rings. The molecule has 0 amide bonds. The van der Waals surface area contributed by atoms with Gasteiger partial charge in [0.2, 0.25) is 0 Å². The highest BCUT2D eigenvalue weighted by Crippen LogP contribution is 2.62. The average Bonchev–Trinajstić information content (AvgIpc) is 3.05. The van der Waals surface area contributed by atoms with E-state index in [2.05, 4.69) is 45.1 Å². The summed E-state index contributed by atoms with van der Waals surface area (Å²) in [5, 5.41) is 9.73. The van der Waals surface area contributed by atoms with E-state index in [9.17, 15) is 5.11 Å². The van der Waals surface area contributed by atoms with E-state index in [1.807, 2.05) is 26.3 Å². The molecule has 1 nitrogen and oxygen atoms in total. The molecule has 0 heterocycles. The van der Waals surface area contributed by atoms with Gasteiger partial charge in [-0.3, -0.25) is 0 Å². The van der Waals surface area contributed by atoms with E-state index in [-0.39, 0.29) is 12.0 Å². The van der Waals surface area contributed by atoms with E-state index < -0.39 is 0 Å². The van der Waals surface area contributed by atoms with Gasteiger partial charge in [-0.25, -0.2) is 0 Å². The van der Waals surface area contributed by atoms with Crippen molar-refractivity contribution < 1.29 is 5.11 Å². The zero-order valence-electron chi connectivity index (χ0n) is 20.0. The molecule has 8 atom stereocenters. The Morgan fingerprint density at radius 1 is 1.07 bits per heavy atom. The van der Waals surface area contributed by atoms with E-state index in [0.29, 0.717) is 5.41 Å². The summed E-state index contributed by atoms with van der Waals surface area (Å²) in [5.74, 6) is 4.53. The third kappa shape index (κ3) is 4.46. The van der Waals surface area contributed by atoms with Gasteiger partial charge in [-0.05, 0) is 99.2 Å². The van der Waals surface area contributed by atoms with E-state index in [4.69, 9.17) is 0 Å². The number of rotatable bonds is 4. The quantitative estimate of drug-likeness (QED) is 0.480. The van der Waals surface area contributed by atoms with Crippen molar-refractivity contribution in [1.29, 1.82) is 0 Å². The number of hydrogen-bond acceptors (Lipinski definition) is 1. The zero-order chi connectivity index (χ0) is 21.2. The minimum Gasteiger partial charge on any atom is -0.393 e. The molecule has 0 aliphatic heterocycles. The van der Waals surface area contributed by atoms with Gasteiger partial charge in [0.25, 0.3) is 0 Å². The molecule has 0 radical (unpaired) electrons. The first-order chi connectivity index (χ1) is 13.9. The summed E-state index contributed by atoms with van der Waals surface area (Å²) in [7, 11) is 0. The van der Waals surface area contributed by atoms with E-state index in [1.54, 1.807) is 5.57 Å². The summed E-state index contributed by atoms with van der Waals surface area (Å²) in [6.45, 7) is 13.0. The second kappa shape index (κ2) is 9.54. The SMILES string of the molecule is CC.CC1CCC2C(=CC=C3C2CCC2(C)C(C/C=C/C(C)C(C)O)CCC32)C1. The van der Waals surface area contributed by atoms with Crippen molar-refractivity contribution in [2.75, 3.05) is 0 Å². The second-order valence-electron chi connectivity index (χ2n) is 10.6. The van der Waals surface area contributed by atoms with Crippen molar-refractivity contribution in [2.24, 2.45) is 40.9 Å². The Kier molecular flexibility index (Phi) is 7.52.